The van der Waals surface area contributed by atoms with Crippen molar-refractivity contribution in [3.8, 4) is 5.88 Å². The van der Waals surface area contributed by atoms with Crippen molar-refractivity contribution in [2.75, 3.05) is 18.5 Å². The molecule has 15 nitrogen and oxygen atoms in total. The normalized spacial score (nSPS) is 23.8. The number of anilines is 1. The number of rotatable bonds is 10. The number of esters is 3. The second-order valence-electron chi connectivity index (χ2n) is 13.4. The van der Waals surface area contributed by atoms with Gasteiger partial charge in [-0.3, -0.25) is 19.0 Å². The zero-order valence-electron chi connectivity index (χ0n) is 29.6. The molecular weight excluding hydrogens is 698 g/mol. The van der Waals surface area contributed by atoms with Crippen LogP contribution in [0.25, 0.3) is 43.5 Å². The van der Waals surface area contributed by atoms with E-state index in [1.54, 1.807) is 10.6 Å². The SMILES string of the molecule is C=CCOc1nc(NC2c3c(cc4ccc5cccc6ccc3c4c56)C(OC(C)=O)C(OC(C)=O)C2OC(C)=O)nc2c1ncn2C1CC(O)C(CO)O1. The Morgan fingerprint density at radius 1 is 0.963 bits per heavy atom. The Balaban J connectivity index is 1.37. The third-order valence-electron chi connectivity index (χ3n) is 9.89. The maximum absolute atomic E-state index is 12.9. The molecule has 3 N–H and O–H groups in total. The number of carbonyl (C=O) groups is 3. The molecule has 0 bridgehead atoms. The molecule has 278 valence electrons. The van der Waals surface area contributed by atoms with Gasteiger partial charge in [-0.1, -0.05) is 55.1 Å². The first-order valence-corrected chi connectivity index (χ1v) is 17.5. The summed E-state index contributed by atoms with van der Waals surface area (Å²) in [4.78, 5) is 52.3. The monoisotopic (exact) mass is 735 g/mol. The molecule has 2 aliphatic rings. The van der Waals surface area contributed by atoms with E-state index in [0.717, 1.165) is 32.3 Å². The third kappa shape index (κ3) is 5.99. The first-order valence-electron chi connectivity index (χ1n) is 17.5. The summed E-state index contributed by atoms with van der Waals surface area (Å²) >= 11 is 0. The molecular formula is C39H37N5O10. The Morgan fingerprint density at radius 3 is 2.35 bits per heavy atom. The van der Waals surface area contributed by atoms with Gasteiger partial charge in [0.15, 0.2) is 29.5 Å². The number of ether oxygens (including phenoxy) is 5. The Kier molecular flexibility index (Phi) is 9.00. The fraction of sp³-hybridized carbons (Fsp3) is 0.333. The van der Waals surface area contributed by atoms with E-state index in [2.05, 4.69) is 21.9 Å². The fourth-order valence-electron chi connectivity index (χ4n) is 7.84. The minimum absolute atomic E-state index is 0.0203. The van der Waals surface area contributed by atoms with Gasteiger partial charge in [0.25, 0.3) is 0 Å². The standard InChI is InChI=1S/C39H37N5O10/c1-5-13-50-38-33-37(44(17-40-33)28-15-26(49)27(16-45)54-28)42-39(43-38)41-32-31-24-12-11-22-8-6-7-21-9-10-23(30(24)29(21)22)14-25(31)34(51-18(2)46)36(53-20(4)48)35(32)52-19(3)47/h5-12,14,17,26-28,32,34-36,45,49H,1,13,15-16H2,2-4H3,(H,41,42,43). The molecule has 0 spiro atoms. The fourth-order valence-corrected chi connectivity index (χ4v) is 7.84. The number of aliphatic hydroxyl groups excluding tert-OH is 2. The third-order valence-corrected chi connectivity index (χ3v) is 9.89. The van der Waals surface area contributed by atoms with Crippen molar-refractivity contribution < 1.29 is 48.3 Å². The molecule has 8 rings (SSSR count). The first kappa shape index (κ1) is 35.1. The number of imidazole rings is 1. The largest absolute Gasteiger partial charge is 0.472 e. The molecule has 15 heteroatoms. The predicted molar refractivity (Wildman–Crippen MR) is 195 cm³/mol. The van der Waals surface area contributed by atoms with Crippen molar-refractivity contribution in [3.05, 3.63) is 78.6 Å². The van der Waals surface area contributed by atoms with E-state index >= 15 is 0 Å². The number of hydrogen-bond acceptors (Lipinski definition) is 14. The van der Waals surface area contributed by atoms with Crippen molar-refractivity contribution in [2.45, 2.75) is 70.0 Å². The van der Waals surface area contributed by atoms with Crippen LogP contribution < -0.4 is 10.1 Å². The van der Waals surface area contributed by atoms with Crippen LogP contribution in [0.1, 0.15) is 56.7 Å². The summed E-state index contributed by atoms with van der Waals surface area (Å²) in [6, 6.07) is 14.9. The van der Waals surface area contributed by atoms with Gasteiger partial charge in [-0.15, -0.1) is 0 Å². The summed E-state index contributed by atoms with van der Waals surface area (Å²) in [5, 5.41) is 29.3. The maximum atomic E-state index is 12.9. The minimum atomic E-state index is -1.29. The molecule has 1 aliphatic carbocycles. The van der Waals surface area contributed by atoms with Gasteiger partial charge < -0.3 is 39.2 Å². The number of benzene rings is 4. The van der Waals surface area contributed by atoms with E-state index in [1.165, 1.54) is 27.1 Å². The van der Waals surface area contributed by atoms with Gasteiger partial charge in [0.1, 0.15) is 18.9 Å². The van der Waals surface area contributed by atoms with Crippen LogP contribution in [0.2, 0.25) is 0 Å². The zero-order chi connectivity index (χ0) is 37.8. The highest BCUT2D eigenvalue weighted by atomic mass is 16.6. The van der Waals surface area contributed by atoms with Crippen molar-refractivity contribution in [1.82, 2.24) is 19.5 Å². The van der Waals surface area contributed by atoms with Gasteiger partial charge in [0.2, 0.25) is 11.8 Å². The minimum Gasteiger partial charge on any atom is -0.472 e. The van der Waals surface area contributed by atoms with Crippen LogP contribution in [-0.2, 0) is 33.3 Å². The number of fused-ring (bicyclic) bond motifs is 3. The highest BCUT2D eigenvalue weighted by Gasteiger charge is 2.50. The van der Waals surface area contributed by atoms with Crippen LogP contribution >= 0.6 is 0 Å². The Hall–Kier alpha value is -5.90. The average molecular weight is 736 g/mol. The molecule has 0 amide bonds. The van der Waals surface area contributed by atoms with Crippen LogP contribution in [0.5, 0.6) is 5.88 Å². The van der Waals surface area contributed by atoms with Gasteiger partial charge in [0.05, 0.1) is 25.1 Å². The van der Waals surface area contributed by atoms with E-state index in [4.69, 9.17) is 28.7 Å². The summed E-state index contributed by atoms with van der Waals surface area (Å²) in [5.74, 6) is -1.87. The topological polar surface area (TPSA) is 193 Å². The molecule has 0 saturated carbocycles. The molecule has 1 fully saturated rings. The number of aliphatic hydroxyl groups is 2. The summed E-state index contributed by atoms with van der Waals surface area (Å²) in [6.45, 7) is 7.17. The van der Waals surface area contributed by atoms with E-state index < -0.39 is 60.7 Å². The number of nitrogens with zero attached hydrogens (tertiary/aromatic N) is 4. The molecule has 7 unspecified atom stereocenters. The Labute approximate surface area is 307 Å². The first-order chi connectivity index (χ1) is 26.1. The van der Waals surface area contributed by atoms with Crippen molar-refractivity contribution in [2.24, 2.45) is 0 Å². The van der Waals surface area contributed by atoms with E-state index in [-0.39, 0.29) is 37.1 Å². The molecule has 7 atom stereocenters. The molecule has 1 saturated heterocycles. The van der Waals surface area contributed by atoms with E-state index in [0.29, 0.717) is 16.6 Å². The summed E-state index contributed by atoms with van der Waals surface area (Å²) in [7, 11) is 0. The second kappa shape index (κ2) is 13.8. The number of nitrogens with one attached hydrogen (secondary N) is 1. The zero-order valence-corrected chi connectivity index (χ0v) is 29.6. The summed E-state index contributed by atoms with van der Waals surface area (Å²) in [5.41, 5.74) is 1.72. The highest BCUT2D eigenvalue weighted by Crippen LogP contribution is 2.49. The van der Waals surface area contributed by atoms with Crippen LogP contribution in [-0.4, -0.2) is 85.3 Å². The lowest BCUT2D eigenvalue weighted by Crippen LogP contribution is -2.50. The molecule has 3 heterocycles. The lowest BCUT2D eigenvalue weighted by atomic mass is 9.77. The second-order valence-corrected chi connectivity index (χ2v) is 13.4. The van der Waals surface area contributed by atoms with Crippen molar-refractivity contribution in [3.63, 3.8) is 0 Å². The molecule has 54 heavy (non-hydrogen) atoms. The predicted octanol–water partition coefficient (Wildman–Crippen LogP) is 4.56. The lowest BCUT2D eigenvalue weighted by molar-refractivity contribution is -0.187. The van der Waals surface area contributed by atoms with Crippen LogP contribution in [0.4, 0.5) is 5.95 Å². The van der Waals surface area contributed by atoms with Crippen molar-refractivity contribution >= 4 is 67.3 Å². The molecule has 1 aliphatic heterocycles. The van der Waals surface area contributed by atoms with Crippen LogP contribution in [0, 0.1) is 0 Å². The van der Waals surface area contributed by atoms with Gasteiger partial charge >= 0.3 is 17.9 Å². The number of aromatic nitrogens is 4. The van der Waals surface area contributed by atoms with Gasteiger partial charge in [0, 0.05) is 32.8 Å². The molecule has 4 aromatic carbocycles. The smallest absolute Gasteiger partial charge is 0.303 e. The quantitative estimate of drug-likeness (QED) is 0.0767. The summed E-state index contributed by atoms with van der Waals surface area (Å²) in [6.07, 6.45) is -2.95. The van der Waals surface area contributed by atoms with Crippen LogP contribution in [0.15, 0.2) is 67.5 Å². The number of carbonyl (C=O) groups excluding carboxylic acids is 3. The van der Waals surface area contributed by atoms with Gasteiger partial charge in [-0.2, -0.15) is 9.97 Å². The van der Waals surface area contributed by atoms with E-state index in [9.17, 15) is 24.6 Å². The maximum Gasteiger partial charge on any atom is 0.303 e. The lowest BCUT2D eigenvalue weighted by Gasteiger charge is -2.43. The molecule has 6 aromatic rings. The Bertz CT molecular complexity index is 2430. The van der Waals surface area contributed by atoms with E-state index in [1.807, 2.05) is 48.5 Å². The Morgan fingerprint density at radius 2 is 1.67 bits per heavy atom. The number of hydrogen-bond donors (Lipinski definition) is 3. The molecule has 0 radical (unpaired) electrons. The molecule has 2 aromatic heterocycles. The van der Waals surface area contributed by atoms with Gasteiger partial charge in [-0.25, -0.2) is 4.98 Å². The van der Waals surface area contributed by atoms with Gasteiger partial charge in [-0.05, 0) is 43.9 Å². The highest BCUT2D eigenvalue weighted by molar-refractivity contribution is 6.24. The van der Waals surface area contributed by atoms with Crippen LogP contribution in [0.3, 0.4) is 0 Å². The summed E-state index contributed by atoms with van der Waals surface area (Å²) < 4.78 is 31.3. The van der Waals surface area contributed by atoms with Crippen molar-refractivity contribution in [1.29, 1.82) is 0 Å². The average Bonchev–Trinajstić information content (AvgIpc) is 3.74.